The number of rotatable bonds is 4. The van der Waals surface area contributed by atoms with Crippen LogP contribution in [0.1, 0.15) is 19.8 Å². The summed E-state index contributed by atoms with van der Waals surface area (Å²) in [5, 5.41) is 9.33. The number of carbonyl (C=O) groups is 2. The molecule has 0 N–H and O–H groups in total. The van der Waals surface area contributed by atoms with E-state index in [1.54, 1.807) is 0 Å². The van der Waals surface area contributed by atoms with Crippen molar-refractivity contribution in [3.63, 3.8) is 0 Å². The fourth-order valence-corrected chi connectivity index (χ4v) is 3.83. The fourth-order valence-electron chi connectivity index (χ4n) is 3.83. The van der Waals surface area contributed by atoms with Gasteiger partial charge in [-0.05, 0) is 19.8 Å². The Morgan fingerprint density at radius 2 is 2.29 bits per heavy atom. The molecule has 1 aliphatic heterocycles. The van der Waals surface area contributed by atoms with E-state index >= 15 is 0 Å². The van der Waals surface area contributed by atoms with E-state index in [1.807, 2.05) is 0 Å². The maximum atomic E-state index is 11.8. The summed E-state index contributed by atoms with van der Waals surface area (Å²) in [5.41, 5.74) is -0.148. The first-order valence-electron chi connectivity index (χ1n) is 7.02. The molecule has 1 saturated heterocycles. The second-order valence-electron chi connectivity index (χ2n) is 6.16. The molecule has 0 amide bonds. The van der Waals surface area contributed by atoms with E-state index in [0.29, 0.717) is 13.0 Å². The van der Waals surface area contributed by atoms with Gasteiger partial charge >= 0.3 is 11.9 Å². The predicted molar refractivity (Wildman–Crippen MR) is 69.7 cm³/mol. The average Bonchev–Trinajstić information content (AvgIpc) is 3.04. The van der Waals surface area contributed by atoms with Crippen molar-refractivity contribution in [3.05, 3.63) is 12.2 Å². The lowest BCUT2D eigenvalue weighted by molar-refractivity contribution is -0.166. The van der Waals surface area contributed by atoms with Crippen LogP contribution in [0.4, 0.5) is 0 Å². The van der Waals surface area contributed by atoms with Crippen LogP contribution < -0.4 is 0 Å². The molecule has 0 aromatic carbocycles. The molecular formula is C15H17NO5. The minimum Gasteiger partial charge on any atom is -0.457 e. The molecule has 0 aromatic rings. The third-order valence-corrected chi connectivity index (χ3v) is 4.77. The quantitative estimate of drug-likeness (QED) is 0.566. The van der Waals surface area contributed by atoms with Crippen LogP contribution in [0.3, 0.4) is 0 Å². The Hall–Kier alpha value is -1.87. The van der Waals surface area contributed by atoms with Gasteiger partial charge in [0.1, 0.15) is 6.10 Å². The molecule has 5 atom stereocenters. The highest BCUT2D eigenvalue weighted by Crippen LogP contribution is 2.61. The summed E-state index contributed by atoms with van der Waals surface area (Å²) in [7, 11) is 0. The summed E-state index contributed by atoms with van der Waals surface area (Å²) < 4.78 is 15.9. The van der Waals surface area contributed by atoms with Crippen molar-refractivity contribution in [1.29, 1.82) is 5.26 Å². The summed E-state index contributed by atoms with van der Waals surface area (Å²) in [4.78, 5) is 23.0. The van der Waals surface area contributed by atoms with Crippen molar-refractivity contribution < 1.29 is 23.8 Å². The molecule has 2 bridgehead atoms. The number of nitriles is 1. The molecule has 0 aromatic heterocycles. The van der Waals surface area contributed by atoms with Crippen LogP contribution in [0, 0.1) is 28.6 Å². The molecule has 112 valence electrons. The van der Waals surface area contributed by atoms with E-state index in [2.05, 4.69) is 12.6 Å². The zero-order valence-corrected chi connectivity index (χ0v) is 11.8. The number of nitrogens with zero attached hydrogens (tertiary/aromatic N) is 1. The lowest BCUT2D eigenvalue weighted by Gasteiger charge is -2.29. The molecular weight excluding hydrogens is 274 g/mol. The minimum atomic E-state index is -0.611. The predicted octanol–water partition coefficient (Wildman–Crippen LogP) is 0.966. The third-order valence-electron chi connectivity index (χ3n) is 4.77. The number of fused-ring (bicyclic) bond motifs is 1. The van der Waals surface area contributed by atoms with Gasteiger partial charge in [-0.25, -0.2) is 9.59 Å². The number of ether oxygens (including phenoxy) is 3. The van der Waals surface area contributed by atoms with Gasteiger partial charge in [0, 0.05) is 17.4 Å². The Labute approximate surface area is 122 Å². The molecule has 1 heterocycles. The highest BCUT2D eigenvalue weighted by molar-refractivity contribution is 5.88. The third kappa shape index (κ3) is 2.12. The highest BCUT2D eigenvalue weighted by atomic mass is 16.6. The summed E-state index contributed by atoms with van der Waals surface area (Å²) in [6.45, 7) is 4.95. The van der Waals surface area contributed by atoms with Crippen molar-refractivity contribution >= 4 is 11.9 Å². The Bertz CT molecular complexity index is 551. The van der Waals surface area contributed by atoms with Gasteiger partial charge in [-0.15, -0.1) is 0 Å². The van der Waals surface area contributed by atoms with Gasteiger partial charge in [0.05, 0.1) is 24.2 Å². The minimum absolute atomic E-state index is 0.156. The van der Waals surface area contributed by atoms with Gasteiger partial charge in [-0.3, -0.25) is 0 Å². The van der Waals surface area contributed by atoms with Crippen LogP contribution in [-0.2, 0) is 23.8 Å². The van der Waals surface area contributed by atoms with Gasteiger partial charge in [0.15, 0.2) is 6.61 Å². The first kappa shape index (κ1) is 14.1. The molecule has 21 heavy (non-hydrogen) atoms. The molecule has 3 rings (SSSR count). The highest BCUT2D eigenvalue weighted by Gasteiger charge is 2.66. The van der Waals surface area contributed by atoms with Gasteiger partial charge < -0.3 is 14.2 Å². The standard InChI is InChI=1S/C15H17NO5/c1-8(2)14(18)19-5-11(17)21-12-9-3-10-13(12)20-7-15(10,4-9)6-16/h9-10,12-13H,1,3-5,7H2,2H3. The molecule has 0 spiro atoms. The molecule has 0 radical (unpaired) electrons. The van der Waals surface area contributed by atoms with E-state index in [-0.39, 0.29) is 35.0 Å². The van der Waals surface area contributed by atoms with Crippen molar-refractivity contribution in [1.82, 2.24) is 0 Å². The number of esters is 2. The van der Waals surface area contributed by atoms with Crippen LogP contribution in [0.15, 0.2) is 12.2 Å². The number of hydrogen-bond acceptors (Lipinski definition) is 6. The molecule has 6 nitrogen and oxygen atoms in total. The van der Waals surface area contributed by atoms with E-state index < -0.39 is 18.5 Å². The Kier molecular flexibility index (Phi) is 3.25. The van der Waals surface area contributed by atoms with Crippen LogP contribution >= 0.6 is 0 Å². The Balaban J connectivity index is 1.56. The zero-order chi connectivity index (χ0) is 15.2. The second kappa shape index (κ2) is 4.85. The second-order valence-corrected chi connectivity index (χ2v) is 6.16. The Morgan fingerprint density at radius 3 is 2.95 bits per heavy atom. The fraction of sp³-hybridized carbons (Fsp3) is 0.667. The SMILES string of the molecule is C=C(C)C(=O)OCC(=O)OC1C2CC3C1OCC3(C#N)C2. The average molecular weight is 291 g/mol. The van der Waals surface area contributed by atoms with Gasteiger partial charge in [-0.2, -0.15) is 5.26 Å². The lowest BCUT2D eigenvalue weighted by Crippen LogP contribution is -2.40. The van der Waals surface area contributed by atoms with Crippen LogP contribution in [0.5, 0.6) is 0 Å². The van der Waals surface area contributed by atoms with Crippen molar-refractivity contribution in [3.8, 4) is 6.07 Å². The van der Waals surface area contributed by atoms with Crippen LogP contribution in [0.25, 0.3) is 0 Å². The normalized spacial score (nSPS) is 38.9. The Morgan fingerprint density at radius 1 is 1.52 bits per heavy atom. The molecule has 5 unspecified atom stereocenters. The largest absolute Gasteiger partial charge is 0.457 e. The van der Waals surface area contributed by atoms with Gasteiger partial charge in [0.2, 0.25) is 0 Å². The molecule has 2 aliphatic carbocycles. The van der Waals surface area contributed by atoms with Crippen LogP contribution in [0.2, 0.25) is 0 Å². The molecule has 3 aliphatic rings. The van der Waals surface area contributed by atoms with Crippen LogP contribution in [-0.4, -0.2) is 37.4 Å². The van der Waals surface area contributed by atoms with E-state index in [9.17, 15) is 14.9 Å². The zero-order valence-electron chi connectivity index (χ0n) is 11.8. The first-order valence-corrected chi connectivity index (χ1v) is 7.02. The van der Waals surface area contributed by atoms with Crippen molar-refractivity contribution in [2.75, 3.05) is 13.2 Å². The summed E-state index contributed by atoms with van der Waals surface area (Å²) in [5.74, 6) is -0.869. The van der Waals surface area contributed by atoms with Gasteiger partial charge in [-0.1, -0.05) is 6.58 Å². The van der Waals surface area contributed by atoms with Crippen molar-refractivity contribution in [2.24, 2.45) is 17.3 Å². The molecule has 6 heteroatoms. The van der Waals surface area contributed by atoms with Crippen molar-refractivity contribution in [2.45, 2.75) is 32.0 Å². The van der Waals surface area contributed by atoms with E-state index in [0.717, 1.165) is 6.42 Å². The summed E-state index contributed by atoms with van der Waals surface area (Å²) >= 11 is 0. The van der Waals surface area contributed by atoms with E-state index in [4.69, 9.17) is 14.2 Å². The number of carbonyl (C=O) groups excluding carboxylic acids is 2. The van der Waals surface area contributed by atoms with E-state index in [1.165, 1.54) is 6.92 Å². The number of hydrogen-bond donors (Lipinski definition) is 0. The summed E-state index contributed by atoms with van der Waals surface area (Å²) in [6.07, 6.45) is 1.06. The summed E-state index contributed by atoms with van der Waals surface area (Å²) in [6, 6.07) is 2.38. The maximum Gasteiger partial charge on any atom is 0.344 e. The van der Waals surface area contributed by atoms with Gasteiger partial charge in [0.25, 0.3) is 0 Å². The smallest absolute Gasteiger partial charge is 0.344 e. The molecule has 3 fully saturated rings. The first-order chi connectivity index (χ1) is 9.97. The molecule has 2 saturated carbocycles. The monoisotopic (exact) mass is 291 g/mol. The lowest BCUT2D eigenvalue weighted by atomic mass is 9.75. The maximum absolute atomic E-state index is 11.8. The topological polar surface area (TPSA) is 85.6 Å².